The van der Waals surface area contributed by atoms with E-state index >= 15 is 0 Å². The summed E-state index contributed by atoms with van der Waals surface area (Å²) in [6, 6.07) is 0. The van der Waals surface area contributed by atoms with Crippen LogP contribution in [0.4, 0.5) is 0 Å². The molecule has 0 saturated heterocycles. The summed E-state index contributed by atoms with van der Waals surface area (Å²) in [6.45, 7) is 5.63. The van der Waals surface area contributed by atoms with Crippen LogP contribution in [0.15, 0.2) is 12.7 Å². The van der Waals surface area contributed by atoms with Gasteiger partial charge in [0, 0.05) is 0 Å². The van der Waals surface area contributed by atoms with Crippen molar-refractivity contribution < 1.29 is 5.11 Å². The lowest BCUT2D eigenvalue weighted by Crippen LogP contribution is -1.98. The molecule has 0 radical (unpaired) electrons. The van der Waals surface area contributed by atoms with Crippen LogP contribution < -0.4 is 0 Å². The highest BCUT2D eigenvalue weighted by Crippen LogP contribution is 2.12. The number of aliphatic hydroxyl groups is 1. The van der Waals surface area contributed by atoms with E-state index in [-0.39, 0.29) is 6.10 Å². The van der Waals surface area contributed by atoms with Crippen molar-refractivity contribution in [3.8, 4) is 0 Å². The van der Waals surface area contributed by atoms with E-state index in [1.165, 1.54) is 77.0 Å². The zero-order valence-corrected chi connectivity index (χ0v) is 12.5. The van der Waals surface area contributed by atoms with Crippen LogP contribution in [0.2, 0.25) is 0 Å². The second-order valence-electron chi connectivity index (χ2n) is 5.60. The Bertz CT molecular complexity index is 163. The van der Waals surface area contributed by atoms with Crippen LogP contribution in [-0.2, 0) is 0 Å². The second-order valence-corrected chi connectivity index (χ2v) is 5.60. The summed E-state index contributed by atoms with van der Waals surface area (Å²) in [5, 5.41) is 9.12. The maximum absolute atomic E-state index is 9.12. The van der Waals surface area contributed by atoms with Gasteiger partial charge in [0.05, 0.1) is 6.10 Å². The van der Waals surface area contributed by atoms with Gasteiger partial charge in [0.25, 0.3) is 0 Å². The molecule has 0 spiro atoms. The molecule has 0 aromatic carbocycles. The van der Waals surface area contributed by atoms with E-state index in [0.717, 1.165) is 6.42 Å². The molecule has 0 bridgehead atoms. The summed E-state index contributed by atoms with van der Waals surface area (Å²) < 4.78 is 0. The average Bonchev–Trinajstić information content (AvgIpc) is 2.34. The van der Waals surface area contributed by atoms with Crippen LogP contribution in [0, 0.1) is 0 Å². The van der Waals surface area contributed by atoms with E-state index in [4.69, 9.17) is 5.11 Å². The molecular weight excluding hydrogens is 220 g/mol. The molecule has 0 amide bonds. The van der Waals surface area contributed by atoms with Gasteiger partial charge in [-0.15, -0.1) is 6.58 Å². The topological polar surface area (TPSA) is 20.2 Å². The number of rotatable bonds is 14. The van der Waals surface area contributed by atoms with E-state index in [1.807, 2.05) is 13.0 Å². The fraction of sp³-hybridized carbons (Fsp3) is 0.882. The fourth-order valence-corrected chi connectivity index (χ4v) is 2.32. The Morgan fingerprint density at radius 3 is 1.56 bits per heavy atom. The maximum atomic E-state index is 9.12. The normalized spacial score (nSPS) is 12.6. The first-order valence-electron chi connectivity index (χ1n) is 8.06. The monoisotopic (exact) mass is 254 g/mol. The summed E-state index contributed by atoms with van der Waals surface area (Å²) in [4.78, 5) is 0. The lowest BCUT2D eigenvalue weighted by molar-refractivity contribution is 0.180. The lowest BCUT2D eigenvalue weighted by Gasteiger charge is -2.04. The first kappa shape index (κ1) is 17.7. The molecule has 0 heterocycles. The van der Waals surface area contributed by atoms with Crippen molar-refractivity contribution in [3.05, 3.63) is 12.7 Å². The Labute approximate surface area is 115 Å². The van der Waals surface area contributed by atoms with Gasteiger partial charge in [-0.2, -0.15) is 0 Å². The van der Waals surface area contributed by atoms with E-state index in [2.05, 4.69) is 6.58 Å². The van der Waals surface area contributed by atoms with Crippen LogP contribution in [0.25, 0.3) is 0 Å². The first-order chi connectivity index (χ1) is 8.77. The standard InChI is InChI=1S/C17H34O/c1-3-4-5-6-7-8-9-10-11-12-13-14-15-16-17(2)18/h3,17-18H,1,4-16H2,2H3/t17-/m1/s1. The zero-order valence-electron chi connectivity index (χ0n) is 12.5. The Morgan fingerprint density at radius 1 is 0.778 bits per heavy atom. The molecule has 0 aliphatic heterocycles. The van der Waals surface area contributed by atoms with Gasteiger partial charge in [0.1, 0.15) is 0 Å². The number of allylic oxidation sites excluding steroid dienone is 1. The molecule has 1 N–H and O–H groups in total. The molecule has 0 saturated carbocycles. The minimum absolute atomic E-state index is 0.105. The van der Waals surface area contributed by atoms with E-state index in [9.17, 15) is 0 Å². The minimum atomic E-state index is -0.105. The van der Waals surface area contributed by atoms with Gasteiger partial charge >= 0.3 is 0 Å². The van der Waals surface area contributed by atoms with Crippen molar-refractivity contribution in [1.29, 1.82) is 0 Å². The van der Waals surface area contributed by atoms with Crippen molar-refractivity contribution in [2.45, 2.75) is 96.5 Å². The molecule has 1 heteroatoms. The van der Waals surface area contributed by atoms with Gasteiger partial charge < -0.3 is 5.11 Å². The van der Waals surface area contributed by atoms with Gasteiger partial charge in [0.15, 0.2) is 0 Å². The molecule has 0 aliphatic carbocycles. The van der Waals surface area contributed by atoms with E-state index in [1.54, 1.807) is 0 Å². The van der Waals surface area contributed by atoms with Crippen molar-refractivity contribution in [1.82, 2.24) is 0 Å². The van der Waals surface area contributed by atoms with Crippen molar-refractivity contribution in [2.24, 2.45) is 0 Å². The van der Waals surface area contributed by atoms with Gasteiger partial charge in [-0.1, -0.05) is 70.3 Å². The van der Waals surface area contributed by atoms with Gasteiger partial charge in [-0.3, -0.25) is 0 Å². The minimum Gasteiger partial charge on any atom is -0.393 e. The number of unbranched alkanes of at least 4 members (excludes halogenated alkanes) is 11. The van der Waals surface area contributed by atoms with Crippen molar-refractivity contribution in [2.75, 3.05) is 0 Å². The maximum Gasteiger partial charge on any atom is 0.0512 e. The summed E-state index contributed by atoms with van der Waals surface area (Å²) in [6.07, 6.45) is 19.1. The van der Waals surface area contributed by atoms with E-state index in [0.29, 0.717) is 0 Å². The van der Waals surface area contributed by atoms with Crippen LogP contribution in [0.3, 0.4) is 0 Å². The smallest absolute Gasteiger partial charge is 0.0512 e. The largest absolute Gasteiger partial charge is 0.393 e. The molecule has 18 heavy (non-hydrogen) atoms. The summed E-state index contributed by atoms with van der Waals surface area (Å²) in [5.74, 6) is 0. The molecular formula is C17H34O. The summed E-state index contributed by atoms with van der Waals surface area (Å²) >= 11 is 0. The highest BCUT2D eigenvalue weighted by molar-refractivity contribution is 4.65. The molecule has 0 fully saturated rings. The zero-order chi connectivity index (χ0) is 13.5. The number of aliphatic hydroxyl groups excluding tert-OH is 1. The molecule has 108 valence electrons. The van der Waals surface area contributed by atoms with Gasteiger partial charge in [-0.05, 0) is 26.2 Å². The SMILES string of the molecule is C=CCCCCCCCCCCCCC[C@@H](C)O. The van der Waals surface area contributed by atoms with Crippen LogP contribution in [0.5, 0.6) is 0 Å². The predicted molar refractivity (Wildman–Crippen MR) is 81.9 cm³/mol. The molecule has 1 nitrogen and oxygen atoms in total. The summed E-state index contributed by atoms with van der Waals surface area (Å²) in [7, 11) is 0. The Kier molecular flexibility index (Phi) is 14.5. The molecule has 0 unspecified atom stereocenters. The summed E-state index contributed by atoms with van der Waals surface area (Å²) in [5.41, 5.74) is 0. The van der Waals surface area contributed by atoms with Crippen LogP contribution in [-0.4, -0.2) is 11.2 Å². The first-order valence-corrected chi connectivity index (χ1v) is 8.06. The van der Waals surface area contributed by atoms with E-state index < -0.39 is 0 Å². The van der Waals surface area contributed by atoms with Gasteiger partial charge in [-0.25, -0.2) is 0 Å². The third-order valence-electron chi connectivity index (χ3n) is 3.53. The molecule has 1 atom stereocenters. The quantitative estimate of drug-likeness (QED) is 0.315. The van der Waals surface area contributed by atoms with Crippen LogP contribution >= 0.6 is 0 Å². The predicted octanol–water partition coefficient (Wildman–Crippen LogP) is 5.62. The molecule has 0 rings (SSSR count). The molecule has 0 aromatic heterocycles. The average molecular weight is 254 g/mol. The van der Waals surface area contributed by atoms with Crippen molar-refractivity contribution >= 4 is 0 Å². The lowest BCUT2D eigenvalue weighted by atomic mass is 10.0. The third-order valence-corrected chi connectivity index (χ3v) is 3.53. The van der Waals surface area contributed by atoms with Crippen molar-refractivity contribution in [3.63, 3.8) is 0 Å². The fourth-order valence-electron chi connectivity index (χ4n) is 2.32. The second kappa shape index (κ2) is 14.8. The molecule has 0 aliphatic rings. The molecule has 0 aromatic rings. The Hall–Kier alpha value is -0.300. The van der Waals surface area contributed by atoms with Crippen LogP contribution in [0.1, 0.15) is 90.4 Å². The Morgan fingerprint density at radius 2 is 1.17 bits per heavy atom. The highest BCUT2D eigenvalue weighted by Gasteiger charge is 1.96. The highest BCUT2D eigenvalue weighted by atomic mass is 16.3. The Balaban J connectivity index is 2.92. The number of hydrogen-bond acceptors (Lipinski definition) is 1. The number of hydrogen-bond donors (Lipinski definition) is 1. The third kappa shape index (κ3) is 15.7. The van der Waals surface area contributed by atoms with Gasteiger partial charge in [0.2, 0.25) is 0 Å².